The fraction of sp³-hybridized carbons (Fsp3) is 0.579. The number of nitrogens with two attached hydrogens (primary N) is 1. The minimum Gasteiger partial charge on any atom is -0.381 e. The molecule has 144 valence electrons. The fourth-order valence-corrected chi connectivity index (χ4v) is 3.62. The lowest BCUT2D eigenvalue weighted by Gasteiger charge is -2.35. The highest BCUT2D eigenvalue weighted by Crippen LogP contribution is 2.23. The first-order valence-corrected chi connectivity index (χ1v) is 9.13. The average molecular weight is 382 g/mol. The van der Waals surface area contributed by atoms with Crippen molar-refractivity contribution in [3.63, 3.8) is 0 Å². The second-order valence-electron chi connectivity index (χ2n) is 6.93. The number of hydrogen-bond acceptors (Lipinski definition) is 4. The quantitative estimate of drug-likeness (QED) is 0.835. The van der Waals surface area contributed by atoms with Crippen LogP contribution in [0.5, 0.6) is 0 Å². The normalized spacial score (nSPS) is 20.1. The number of benzene rings is 1. The molecule has 1 aromatic carbocycles. The van der Waals surface area contributed by atoms with Crippen LogP contribution >= 0.6 is 12.4 Å². The van der Waals surface area contributed by atoms with Crippen LogP contribution in [0.3, 0.4) is 0 Å². The Kier molecular flexibility index (Phi) is 7.87. The second-order valence-corrected chi connectivity index (χ2v) is 6.93. The van der Waals surface area contributed by atoms with Crippen molar-refractivity contribution >= 4 is 29.9 Å². The number of nitrogens with zero attached hydrogens (tertiary/aromatic N) is 1. The van der Waals surface area contributed by atoms with Crippen LogP contribution in [0.2, 0.25) is 0 Å². The first-order chi connectivity index (χ1) is 12.1. The highest BCUT2D eigenvalue weighted by molar-refractivity contribution is 5.92. The molecule has 2 aliphatic rings. The summed E-state index contributed by atoms with van der Waals surface area (Å²) in [6, 6.07) is 9.02. The van der Waals surface area contributed by atoms with E-state index in [1.165, 1.54) is 0 Å². The molecule has 1 atom stereocenters. The van der Waals surface area contributed by atoms with Crippen LogP contribution in [0, 0.1) is 11.8 Å². The lowest BCUT2D eigenvalue weighted by molar-refractivity contribution is -0.137. The molecule has 26 heavy (non-hydrogen) atoms. The molecule has 1 aromatic rings. The SMILES string of the molecule is Cl.NC(C(=O)N1CCC(C(=O)Nc2ccccc2)CC1)C1CCOCC1. The Morgan fingerprint density at radius 2 is 1.69 bits per heavy atom. The number of anilines is 1. The standard InChI is InChI=1S/C19H27N3O3.ClH/c20-17(14-8-12-25-13-9-14)19(24)22-10-6-15(7-11-22)18(23)21-16-4-2-1-3-5-16;/h1-5,14-15,17H,6-13,20H2,(H,21,23);1H. The minimum atomic E-state index is -0.446. The molecule has 2 saturated heterocycles. The summed E-state index contributed by atoms with van der Waals surface area (Å²) >= 11 is 0. The Hall–Kier alpha value is -1.63. The molecule has 2 heterocycles. The lowest BCUT2D eigenvalue weighted by atomic mass is 9.90. The van der Waals surface area contributed by atoms with Crippen molar-refractivity contribution in [2.75, 3.05) is 31.6 Å². The van der Waals surface area contributed by atoms with Crippen molar-refractivity contribution < 1.29 is 14.3 Å². The van der Waals surface area contributed by atoms with Gasteiger partial charge in [-0.15, -0.1) is 12.4 Å². The Morgan fingerprint density at radius 3 is 2.31 bits per heavy atom. The molecule has 3 N–H and O–H groups in total. The van der Waals surface area contributed by atoms with Crippen molar-refractivity contribution in [1.82, 2.24) is 4.90 Å². The van der Waals surface area contributed by atoms with Gasteiger partial charge < -0.3 is 20.7 Å². The number of nitrogens with one attached hydrogen (secondary N) is 1. The van der Waals surface area contributed by atoms with E-state index >= 15 is 0 Å². The monoisotopic (exact) mass is 381 g/mol. The number of amides is 2. The van der Waals surface area contributed by atoms with E-state index in [9.17, 15) is 9.59 Å². The van der Waals surface area contributed by atoms with Crippen LogP contribution in [0.15, 0.2) is 30.3 Å². The highest BCUT2D eigenvalue weighted by atomic mass is 35.5. The van der Waals surface area contributed by atoms with Gasteiger partial charge in [0.2, 0.25) is 11.8 Å². The summed E-state index contributed by atoms with van der Waals surface area (Å²) < 4.78 is 5.34. The van der Waals surface area contributed by atoms with Crippen molar-refractivity contribution in [2.24, 2.45) is 17.6 Å². The van der Waals surface area contributed by atoms with Gasteiger partial charge in [0.15, 0.2) is 0 Å². The van der Waals surface area contributed by atoms with Crippen LogP contribution in [-0.2, 0) is 14.3 Å². The smallest absolute Gasteiger partial charge is 0.239 e. The number of carbonyl (C=O) groups excluding carboxylic acids is 2. The number of para-hydroxylation sites is 1. The summed E-state index contributed by atoms with van der Waals surface area (Å²) in [7, 11) is 0. The molecule has 0 radical (unpaired) electrons. The average Bonchev–Trinajstić information content (AvgIpc) is 2.68. The Labute approximate surface area is 160 Å². The maximum absolute atomic E-state index is 12.6. The molecular weight excluding hydrogens is 354 g/mol. The molecule has 1 unspecified atom stereocenters. The van der Waals surface area contributed by atoms with Crippen LogP contribution in [0.4, 0.5) is 5.69 Å². The van der Waals surface area contributed by atoms with E-state index in [-0.39, 0.29) is 36.1 Å². The lowest BCUT2D eigenvalue weighted by Crippen LogP contribution is -2.51. The van der Waals surface area contributed by atoms with Gasteiger partial charge in [0.05, 0.1) is 6.04 Å². The summed E-state index contributed by atoms with van der Waals surface area (Å²) in [5.41, 5.74) is 7.01. The molecular formula is C19H28ClN3O3. The third-order valence-electron chi connectivity index (χ3n) is 5.28. The van der Waals surface area contributed by atoms with Gasteiger partial charge >= 0.3 is 0 Å². The first kappa shape index (κ1) is 20.7. The van der Waals surface area contributed by atoms with E-state index in [1.54, 1.807) is 0 Å². The number of halogens is 1. The predicted octanol–water partition coefficient (Wildman–Crippen LogP) is 2.04. The van der Waals surface area contributed by atoms with E-state index in [0.29, 0.717) is 39.1 Å². The molecule has 0 bridgehead atoms. The van der Waals surface area contributed by atoms with Gasteiger partial charge in [-0.25, -0.2) is 0 Å². The molecule has 6 nitrogen and oxygen atoms in total. The molecule has 7 heteroatoms. The van der Waals surface area contributed by atoms with Gasteiger partial charge in [-0.3, -0.25) is 9.59 Å². The maximum Gasteiger partial charge on any atom is 0.239 e. The summed E-state index contributed by atoms with van der Waals surface area (Å²) in [6.45, 7) is 2.58. The number of piperidine rings is 1. The zero-order valence-corrected chi connectivity index (χ0v) is 15.7. The van der Waals surface area contributed by atoms with E-state index < -0.39 is 6.04 Å². The van der Waals surface area contributed by atoms with Crippen molar-refractivity contribution in [3.8, 4) is 0 Å². The molecule has 2 aliphatic heterocycles. The molecule has 2 fully saturated rings. The zero-order valence-electron chi connectivity index (χ0n) is 14.9. The number of carbonyl (C=O) groups is 2. The molecule has 3 rings (SSSR count). The molecule has 0 aliphatic carbocycles. The summed E-state index contributed by atoms with van der Waals surface area (Å²) in [4.78, 5) is 26.8. The van der Waals surface area contributed by atoms with Gasteiger partial charge in [0.1, 0.15) is 0 Å². The first-order valence-electron chi connectivity index (χ1n) is 9.13. The molecule has 0 spiro atoms. The number of hydrogen-bond donors (Lipinski definition) is 2. The van der Waals surface area contributed by atoms with Crippen LogP contribution in [0.1, 0.15) is 25.7 Å². The van der Waals surface area contributed by atoms with Crippen molar-refractivity contribution in [1.29, 1.82) is 0 Å². The predicted molar refractivity (Wildman–Crippen MR) is 103 cm³/mol. The Balaban J connectivity index is 0.00000243. The third kappa shape index (κ3) is 5.19. The van der Waals surface area contributed by atoms with E-state index in [2.05, 4.69) is 5.32 Å². The number of likely N-dealkylation sites (tertiary alicyclic amines) is 1. The summed E-state index contributed by atoms with van der Waals surface area (Å²) in [5, 5.41) is 2.95. The fourth-order valence-electron chi connectivity index (χ4n) is 3.62. The topological polar surface area (TPSA) is 84.7 Å². The zero-order chi connectivity index (χ0) is 17.6. The van der Waals surface area contributed by atoms with Gasteiger partial charge in [-0.2, -0.15) is 0 Å². The van der Waals surface area contributed by atoms with Crippen LogP contribution in [0.25, 0.3) is 0 Å². The molecule has 2 amide bonds. The van der Waals surface area contributed by atoms with E-state index in [4.69, 9.17) is 10.5 Å². The van der Waals surface area contributed by atoms with Gasteiger partial charge in [0, 0.05) is 37.9 Å². The van der Waals surface area contributed by atoms with Gasteiger partial charge in [-0.05, 0) is 43.7 Å². The Morgan fingerprint density at radius 1 is 1.08 bits per heavy atom. The van der Waals surface area contributed by atoms with E-state index in [1.807, 2.05) is 35.2 Å². The van der Waals surface area contributed by atoms with Crippen LogP contribution in [-0.4, -0.2) is 49.1 Å². The van der Waals surface area contributed by atoms with Crippen molar-refractivity contribution in [2.45, 2.75) is 31.7 Å². The summed E-state index contributed by atoms with van der Waals surface area (Å²) in [5.74, 6) is 0.213. The second kappa shape index (κ2) is 9.90. The number of ether oxygens (including phenoxy) is 1. The van der Waals surface area contributed by atoms with Gasteiger partial charge in [0.25, 0.3) is 0 Å². The molecule has 0 saturated carbocycles. The van der Waals surface area contributed by atoms with Gasteiger partial charge in [-0.1, -0.05) is 18.2 Å². The van der Waals surface area contributed by atoms with E-state index in [0.717, 1.165) is 18.5 Å². The Bertz CT molecular complexity index is 585. The largest absolute Gasteiger partial charge is 0.381 e. The summed E-state index contributed by atoms with van der Waals surface area (Å²) in [6.07, 6.45) is 3.07. The van der Waals surface area contributed by atoms with Crippen LogP contribution < -0.4 is 11.1 Å². The third-order valence-corrected chi connectivity index (χ3v) is 5.28. The minimum absolute atomic E-state index is 0. The highest BCUT2D eigenvalue weighted by Gasteiger charge is 2.33. The molecule has 0 aromatic heterocycles. The van der Waals surface area contributed by atoms with Crippen molar-refractivity contribution in [3.05, 3.63) is 30.3 Å². The number of rotatable bonds is 4. The maximum atomic E-state index is 12.6.